The van der Waals surface area contributed by atoms with Crippen LogP contribution in [0.4, 0.5) is 4.39 Å². The number of fused-ring (bicyclic) bond motifs is 1. The van der Waals surface area contributed by atoms with E-state index in [1.54, 1.807) is 12.3 Å². The number of halogens is 1. The fourth-order valence-corrected chi connectivity index (χ4v) is 2.03. The largest absolute Gasteiger partial charge is 0.361 e. The molecule has 18 heavy (non-hydrogen) atoms. The van der Waals surface area contributed by atoms with Crippen LogP contribution >= 0.6 is 0 Å². The first-order valence-corrected chi connectivity index (χ1v) is 5.62. The van der Waals surface area contributed by atoms with E-state index in [2.05, 4.69) is 4.98 Å². The van der Waals surface area contributed by atoms with Crippen LogP contribution in [0.25, 0.3) is 10.9 Å². The lowest BCUT2D eigenvalue weighted by molar-refractivity contribution is 0.104. The van der Waals surface area contributed by atoms with Crippen molar-refractivity contribution in [2.45, 2.75) is 0 Å². The molecule has 1 heterocycles. The average molecular weight is 239 g/mol. The Labute approximate surface area is 103 Å². The van der Waals surface area contributed by atoms with E-state index in [0.29, 0.717) is 11.1 Å². The number of hydrogen-bond donors (Lipinski definition) is 1. The zero-order chi connectivity index (χ0) is 12.5. The molecule has 0 atom stereocenters. The smallest absolute Gasteiger partial charge is 0.195 e. The van der Waals surface area contributed by atoms with Gasteiger partial charge in [-0.15, -0.1) is 0 Å². The van der Waals surface area contributed by atoms with E-state index in [4.69, 9.17) is 0 Å². The van der Waals surface area contributed by atoms with E-state index < -0.39 is 0 Å². The van der Waals surface area contributed by atoms with Crippen LogP contribution < -0.4 is 0 Å². The van der Waals surface area contributed by atoms with Gasteiger partial charge in [0.2, 0.25) is 0 Å². The molecule has 3 heteroatoms. The molecule has 1 aromatic heterocycles. The van der Waals surface area contributed by atoms with E-state index in [0.717, 1.165) is 10.9 Å². The van der Waals surface area contributed by atoms with E-state index in [1.807, 2.05) is 18.2 Å². The van der Waals surface area contributed by atoms with Crippen LogP contribution in [0.3, 0.4) is 0 Å². The van der Waals surface area contributed by atoms with Gasteiger partial charge in [-0.05, 0) is 36.4 Å². The number of nitrogens with one attached hydrogen (secondary N) is 1. The van der Waals surface area contributed by atoms with Crippen molar-refractivity contribution < 1.29 is 9.18 Å². The van der Waals surface area contributed by atoms with Gasteiger partial charge in [0.15, 0.2) is 5.78 Å². The van der Waals surface area contributed by atoms with E-state index in [9.17, 15) is 9.18 Å². The summed E-state index contributed by atoms with van der Waals surface area (Å²) in [6.45, 7) is 0. The lowest BCUT2D eigenvalue weighted by Crippen LogP contribution is -2.02. The van der Waals surface area contributed by atoms with Gasteiger partial charge < -0.3 is 4.98 Å². The third kappa shape index (κ3) is 1.70. The zero-order valence-electron chi connectivity index (χ0n) is 9.48. The highest BCUT2D eigenvalue weighted by Crippen LogP contribution is 2.20. The molecule has 0 radical (unpaired) electrons. The minimum atomic E-state index is -0.343. The lowest BCUT2D eigenvalue weighted by atomic mass is 10.0. The Morgan fingerprint density at radius 3 is 2.56 bits per heavy atom. The van der Waals surface area contributed by atoms with Crippen LogP contribution in [0.15, 0.2) is 54.7 Å². The molecule has 0 saturated carbocycles. The standard InChI is InChI=1S/C15H10FNO/c16-12-6-4-11(5-7-12)15(18)13-3-1-2-10-8-9-17-14(10)13/h1-9,17H. The maximum Gasteiger partial charge on any atom is 0.195 e. The number of hydrogen-bond acceptors (Lipinski definition) is 1. The van der Waals surface area contributed by atoms with Gasteiger partial charge in [-0.25, -0.2) is 4.39 Å². The minimum absolute atomic E-state index is 0.108. The summed E-state index contributed by atoms with van der Waals surface area (Å²) in [5.41, 5.74) is 1.90. The number of aromatic nitrogens is 1. The van der Waals surface area contributed by atoms with Gasteiger partial charge in [-0.3, -0.25) is 4.79 Å². The molecule has 2 nitrogen and oxygen atoms in total. The Morgan fingerprint density at radius 2 is 1.78 bits per heavy atom. The molecular formula is C15H10FNO. The molecule has 0 amide bonds. The summed E-state index contributed by atoms with van der Waals surface area (Å²) in [7, 11) is 0. The van der Waals surface area contributed by atoms with Crippen molar-refractivity contribution in [2.75, 3.05) is 0 Å². The van der Waals surface area contributed by atoms with Gasteiger partial charge in [0, 0.05) is 22.7 Å². The first kappa shape index (κ1) is 10.7. The van der Waals surface area contributed by atoms with Gasteiger partial charge in [0.1, 0.15) is 5.82 Å². The van der Waals surface area contributed by atoms with Crippen LogP contribution in [0.2, 0.25) is 0 Å². The molecule has 2 aromatic carbocycles. The predicted octanol–water partition coefficient (Wildman–Crippen LogP) is 3.54. The average Bonchev–Trinajstić information content (AvgIpc) is 2.87. The van der Waals surface area contributed by atoms with Gasteiger partial charge in [0.25, 0.3) is 0 Å². The van der Waals surface area contributed by atoms with E-state index in [1.165, 1.54) is 24.3 Å². The topological polar surface area (TPSA) is 32.9 Å². The van der Waals surface area contributed by atoms with Crippen molar-refractivity contribution >= 4 is 16.7 Å². The number of rotatable bonds is 2. The highest BCUT2D eigenvalue weighted by molar-refractivity contribution is 6.15. The second-order valence-corrected chi connectivity index (χ2v) is 4.08. The summed E-state index contributed by atoms with van der Waals surface area (Å²) in [6, 6.07) is 13.0. The van der Waals surface area contributed by atoms with Crippen molar-refractivity contribution in [3.05, 3.63) is 71.7 Å². The second kappa shape index (κ2) is 4.11. The molecule has 0 aliphatic carbocycles. The molecule has 0 saturated heterocycles. The molecule has 0 aliphatic rings. The molecule has 88 valence electrons. The molecule has 3 rings (SSSR count). The summed E-state index contributed by atoms with van der Waals surface area (Å²) in [5.74, 6) is -0.451. The molecular weight excluding hydrogens is 229 g/mol. The van der Waals surface area contributed by atoms with Crippen molar-refractivity contribution in [3.8, 4) is 0 Å². The Hall–Kier alpha value is -2.42. The van der Waals surface area contributed by atoms with E-state index in [-0.39, 0.29) is 11.6 Å². The summed E-state index contributed by atoms with van der Waals surface area (Å²) >= 11 is 0. The number of ketones is 1. The van der Waals surface area contributed by atoms with Gasteiger partial charge in [-0.2, -0.15) is 0 Å². The lowest BCUT2D eigenvalue weighted by Gasteiger charge is -2.03. The quantitative estimate of drug-likeness (QED) is 0.682. The Kier molecular flexibility index (Phi) is 2.45. The number of carbonyl (C=O) groups is 1. The molecule has 0 spiro atoms. The maximum absolute atomic E-state index is 12.8. The summed E-state index contributed by atoms with van der Waals surface area (Å²) in [4.78, 5) is 15.4. The fraction of sp³-hybridized carbons (Fsp3) is 0. The van der Waals surface area contributed by atoms with Crippen molar-refractivity contribution in [1.29, 1.82) is 0 Å². The van der Waals surface area contributed by atoms with Gasteiger partial charge >= 0.3 is 0 Å². The number of H-pyrrole nitrogens is 1. The molecule has 0 bridgehead atoms. The summed E-state index contributed by atoms with van der Waals surface area (Å²) in [6.07, 6.45) is 1.80. The number of carbonyl (C=O) groups excluding carboxylic acids is 1. The molecule has 0 fully saturated rings. The number of para-hydroxylation sites is 1. The zero-order valence-corrected chi connectivity index (χ0v) is 9.48. The van der Waals surface area contributed by atoms with Crippen LogP contribution in [0.1, 0.15) is 15.9 Å². The van der Waals surface area contributed by atoms with Gasteiger partial charge in [0.05, 0.1) is 5.52 Å². The first-order valence-electron chi connectivity index (χ1n) is 5.62. The van der Waals surface area contributed by atoms with Crippen molar-refractivity contribution in [3.63, 3.8) is 0 Å². The Morgan fingerprint density at radius 1 is 1.00 bits per heavy atom. The normalized spacial score (nSPS) is 10.7. The molecule has 0 unspecified atom stereocenters. The minimum Gasteiger partial charge on any atom is -0.361 e. The van der Waals surface area contributed by atoms with Crippen molar-refractivity contribution in [1.82, 2.24) is 4.98 Å². The SMILES string of the molecule is O=C(c1ccc(F)cc1)c1cccc2cc[nH]c12. The number of benzene rings is 2. The monoisotopic (exact) mass is 239 g/mol. The summed E-state index contributed by atoms with van der Waals surface area (Å²) in [5, 5.41) is 0.989. The Bertz CT molecular complexity index is 713. The molecule has 3 aromatic rings. The Balaban J connectivity index is 2.12. The van der Waals surface area contributed by atoms with Crippen LogP contribution in [-0.4, -0.2) is 10.8 Å². The maximum atomic E-state index is 12.8. The van der Waals surface area contributed by atoms with Crippen LogP contribution in [-0.2, 0) is 0 Å². The highest BCUT2D eigenvalue weighted by Gasteiger charge is 2.12. The fourth-order valence-electron chi connectivity index (χ4n) is 2.03. The number of aromatic amines is 1. The first-order chi connectivity index (χ1) is 8.75. The second-order valence-electron chi connectivity index (χ2n) is 4.08. The highest BCUT2D eigenvalue weighted by atomic mass is 19.1. The third-order valence-electron chi connectivity index (χ3n) is 2.94. The molecule has 0 aliphatic heterocycles. The molecule has 1 N–H and O–H groups in total. The van der Waals surface area contributed by atoms with Crippen molar-refractivity contribution in [2.24, 2.45) is 0 Å². The third-order valence-corrected chi connectivity index (χ3v) is 2.94. The van der Waals surface area contributed by atoms with Gasteiger partial charge in [-0.1, -0.05) is 12.1 Å². The summed E-state index contributed by atoms with van der Waals surface area (Å²) < 4.78 is 12.8. The predicted molar refractivity (Wildman–Crippen MR) is 68.1 cm³/mol. The van der Waals surface area contributed by atoms with E-state index >= 15 is 0 Å². The van der Waals surface area contributed by atoms with Crippen LogP contribution in [0.5, 0.6) is 0 Å². The van der Waals surface area contributed by atoms with Crippen LogP contribution in [0, 0.1) is 5.82 Å².